The van der Waals surface area contributed by atoms with Crippen LogP contribution in [0.25, 0.3) is 0 Å². The van der Waals surface area contributed by atoms with E-state index in [9.17, 15) is 9.59 Å². The summed E-state index contributed by atoms with van der Waals surface area (Å²) in [7, 11) is 0. The number of carbonyl (C=O) groups is 2. The van der Waals surface area contributed by atoms with Crippen molar-refractivity contribution in [2.75, 3.05) is 6.54 Å². The number of hydrogen-bond acceptors (Lipinski definition) is 2. The van der Waals surface area contributed by atoms with Gasteiger partial charge in [0.1, 0.15) is 6.04 Å². The highest BCUT2D eigenvalue weighted by atomic mass is 79.9. The maximum Gasteiger partial charge on any atom is 0.242 e. The molecule has 0 radical (unpaired) electrons. The molecule has 0 saturated heterocycles. The average molecular weight is 417 g/mol. The Bertz CT molecular complexity index is 717. The van der Waals surface area contributed by atoms with Gasteiger partial charge in [-0.1, -0.05) is 65.3 Å². The van der Waals surface area contributed by atoms with Crippen molar-refractivity contribution in [2.45, 2.75) is 39.3 Å². The highest BCUT2D eigenvalue weighted by Crippen LogP contribution is 2.15. The summed E-state index contributed by atoms with van der Waals surface area (Å²) in [5.74, 6) is -0.177. The van der Waals surface area contributed by atoms with E-state index in [1.54, 1.807) is 11.8 Å². The van der Waals surface area contributed by atoms with Crippen LogP contribution in [0, 0.1) is 0 Å². The summed E-state index contributed by atoms with van der Waals surface area (Å²) in [6.07, 6.45) is 1.14. The van der Waals surface area contributed by atoms with Crippen LogP contribution in [0.2, 0.25) is 0 Å². The molecule has 2 aromatic carbocycles. The SMILES string of the molecule is CCCNC(=O)[C@@H](C)N(Cc1ccc(Br)cc1)C(=O)Cc1ccccc1. The number of benzene rings is 2. The molecule has 138 valence electrons. The topological polar surface area (TPSA) is 49.4 Å². The molecule has 5 heteroatoms. The third-order valence-electron chi connectivity index (χ3n) is 4.18. The van der Waals surface area contributed by atoms with E-state index in [2.05, 4.69) is 21.2 Å². The van der Waals surface area contributed by atoms with Crippen molar-refractivity contribution in [3.8, 4) is 0 Å². The Labute approximate surface area is 163 Å². The summed E-state index contributed by atoms with van der Waals surface area (Å²) in [5.41, 5.74) is 1.93. The summed E-state index contributed by atoms with van der Waals surface area (Å²) >= 11 is 3.42. The van der Waals surface area contributed by atoms with E-state index < -0.39 is 6.04 Å². The molecular weight excluding hydrogens is 392 g/mol. The van der Waals surface area contributed by atoms with Crippen LogP contribution in [-0.2, 0) is 22.6 Å². The first-order valence-electron chi connectivity index (χ1n) is 8.86. The quantitative estimate of drug-likeness (QED) is 0.708. The fourth-order valence-corrected chi connectivity index (χ4v) is 2.90. The fourth-order valence-electron chi connectivity index (χ4n) is 2.64. The van der Waals surface area contributed by atoms with Gasteiger partial charge in [0.2, 0.25) is 11.8 Å². The van der Waals surface area contributed by atoms with E-state index in [0.717, 1.165) is 22.0 Å². The molecule has 2 amide bonds. The lowest BCUT2D eigenvalue weighted by molar-refractivity contribution is -0.140. The first-order valence-corrected chi connectivity index (χ1v) is 9.66. The monoisotopic (exact) mass is 416 g/mol. The van der Waals surface area contributed by atoms with Gasteiger partial charge in [-0.25, -0.2) is 0 Å². The highest BCUT2D eigenvalue weighted by Gasteiger charge is 2.25. The average Bonchev–Trinajstić information content (AvgIpc) is 2.65. The smallest absolute Gasteiger partial charge is 0.242 e. The van der Waals surface area contributed by atoms with Crippen molar-refractivity contribution < 1.29 is 9.59 Å². The van der Waals surface area contributed by atoms with Crippen molar-refractivity contribution in [1.82, 2.24) is 10.2 Å². The maximum absolute atomic E-state index is 12.9. The molecule has 1 N–H and O–H groups in total. The Kier molecular flexibility index (Phi) is 7.85. The van der Waals surface area contributed by atoms with Crippen LogP contribution < -0.4 is 5.32 Å². The number of amides is 2. The van der Waals surface area contributed by atoms with Crippen LogP contribution in [-0.4, -0.2) is 29.3 Å². The Morgan fingerprint density at radius 2 is 1.69 bits per heavy atom. The van der Waals surface area contributed by atoms with Gasteiger partial charge in [0.25, 0.3) is 0 Å². The van der Waals surface area contributed by atoms with Gasteiger partial charge in [0.15, 0.2) is 0 Å². The zero-order valence-electron chi connectivity index (χ0n) is 15.2. The third kappa shape index (κ3) is 5.99. The van der Waals surface area contributed by atoms with Crippen molar-refractivity contribution >= 4 is 27.7 Å². The second kappa shape index (κ2) is 10.1. The largest absolute Gasteiger partial charge is 0.354 e. The number of rotatable bonds is 8. The molecule has 0 spiro atoms. The van der Waals surface area contributed by atoms with Crippen molar-refractivity contribution in [1.29, 1.82) is 0 Å². The summed E-state index contributed by atoms with van der Waals surface area (Å²) < 4.78 is 0.983. The van der Waals surface area contributed by atoms with Crippen molar-refractivity contribution in [3.63, 3.8) is 0 Å². The van der Waals surface area contributed by atoms with Crippen LogP contribution in [0.5, 0.6) is 0 Å². The molecular formula is C21H25BrN2O2. The maximum atomic E-state index is 12.9. The first kappa shape index (κ1) is 20.2. The minimum absolute atomic E-state index is 0.0572. The Hall–Kier alpha value is -2.14. The zero-order valence-corrected chi connectivity index (χ0v) is 16.8. The Morgan fingerprint density at radius 3 is 2.31 bits per heavy atom. The summed E-state index contributed by atoms with van der Waals surface area (Å²) in [6, 6.07) is 16.9. The summed E-state index contributed by atoms with van der Waals surface area (Å²) in [5, 5.41) is 2.89. The van der Waals surface area contributed by atoms with E-state index in [1.165, 1.54) is 0 Å². The molecule has 2 aromatic rings. The number of nitrogens with zero attached hydrogens (tertiary/aromatic N) is 1. The molecule has 0 aromatic heterocycles. The lowest BCUT2D eigenvalue weighted by Gasteiger charge is -2.29. The molecule has 0 unspecified atom stereocenters. The van der Waals surface area contributed by atoms with Crippen LogP contribution in [0.1, 0.15) is 31.4 Å². The highest BCUT2D eigenvalue weighted by molar-refractivity contribution is 9.10. The zero-order chi connectivity index (χ0) is 18.9. The van der Waals surface area contributed by atoms with Gasteiger partial charge in [0, 0.05) is 17.6 Å². The van der Waals surface area contributed by atoms with Crippen molar-refractivity contribution in [2.24, 2.45) is 0 Å². The van der Waals surface area contributed by atoms with Gasteiger partial charge >= 0.3 is 0 Å². The molecule has 0 aliphatic rings. The second-order valence-electron chi connectivity index (χ2n) is 6.28. The van der Waals surface area contributed by atoms with Crippen molar-refractivity contribution in [3.05, 3.63) is 70.2 Å². The molecule has 0 fully saturated rings. The standard InChI is InChI=1S/C21H25BrN2O2/c1-3-13-23-21(26)16(2)24(15-18-9-11-19(22)12-10-18)20(25)14-17-7-5-4-6-8-17/h4-12,16H,3,13-15H2,1-2H3,(H,23,26)/t16-/m1/s1. The summed E-state index contributed by atoms with van der Waals surface area (Å²) in [4.78, 5) is 27.0. The normalized spacial score (nSPS) is 11.7. The van der Waals surface area contributed by atoms with Crippen LogP contribution in [0.3, 0.4) is 0 Å². The van der Waals surface area contributed by atoms with Gasteiger partial charge in [-0.05, 0) is 36.6 Å². The predicted octanol–water partition coefficient (Wildman–Crippen LogP) is 3.94. The van der Waals surface area contributed by atoms with E-state index >= 15 is 0 Å². The van der Waals surface area contributed by atoms with Gasteiger partial charge in [0.05, 0.1) is 6.42 Å². The molecule has 2 rings (SSSR count). The molecule has 4 nitrogen and oxygen atoms in total. The molecule has 0 bridgehead atoms. The van der Waals surface area contributed by atoms with E-state index in [-0.39, 0.29) is 18.2 Å². The van der Waals surface area contributed by atoms with Crippen LogP contribution in [0.4, 0.5) is 0 Å². The van der Waals surface area contributed by atoms with Gasteiger partial charge in [-0.15, -0.1) is 0 Å². The lowest BCUT2D eigenvalue weighted by Crippen LogP contribution is -2.48. The molecule has 1 atom stereocenters. The second-order valence-corrected chi connectivity index (χ2v) is 7.19. The molecule has 26 heavy (non-hydrogen) atoms. The Morgan fingerprint density at radius 1 is 1.04 bits per heavy atom. The molecule has 0 heterocycles. The van der Waals surface area contributed by atoms with Gasteiger partial charge < -0.3 is 10.2 Å². The number of hydrogen-bond donors (Lipinski definition) is 1. The predicted molar refractivity (Wildman–Crippen MR) is 108 cm³/mol. The molecule has 0 saturated carbocycles. The fraction of sp³-hybridized carbons (Fsp3) is 0.333. The van der Waals surface area contributed by atoms with E-state index in [4.69, 9.17) is 0 Å². The van der Waals surface area contributed by atoms with Crippen LogP contribution in [0.15, 0.2) is 59.1 Å². The van der Waals surface area contributed by atoms with E-state index in [0.29, 0.717) is 13.1 Å². The molecule has 0 aliphatic heterocycles. The van der Waals surface area contributed by atoms with Gasteiger partial charge in [-0.3, -0.25) is 9.59 Å². The third-order valence-corrected chi connectivity index (χ3v) is 4.71. The number of halogens is 1. The number of nitrogens with one attached hydrogen (secondary N) is 1. The number of carbonyl (C=O) groups excluding carboxylic acids is 2. The van der Waals surface area contributed by atoms with Crippen LogP contribution >= 0.6 is 15.9 Å². The molecule has 0 aliphatic carbocycles. The van der Waals surface area contributed by atoms with Gasteiger partial charge in [-0.2, -0.15) is 0 Å². The minimum atomic E-state index is -0.526. The lowest BCUT2D eigenvalue weighted by atomic mass is 10.1. The Balaban J connectivity index is 2.17. The minimum Gasteiger partial charge on any atom is -0.354 e. The van der Waals surface area contributed by atoms with E-state index in [1.807, 2.05) is 61.5 Å². The summed E-state index contributed by atoms with van der Waals surface area (Å²) in [6.45, 7) is 4.81. The first-order chi connectivity index (χ1) is 12.5.